The van der Waals surface area contributed by atoms with E-state index in [1.54, 1.807) is 0 Å². The summed E-state index contributed by atoms with van der Waals surface area (Å²) in [5, 5.41) is 13.4. The number of likely N-dealkylation sites (tertiary alicyclic amines) is 1. The van der Waals surface area contributed by atoms with Crippen LogP contribution in [0.1, 0.15) is 22.3 Å². The van der Waals surface area contributed by atoms with E-state index >= 15 is 0 Å². The Morgan fingerprint density at radius 2 is 1.81 bits per heavy atom. The van der Waals surface area contributed by atoms with Gasteiger partial charge in [0.25, 0.3) is 5.91 Å². The average molecular weight is 359 g/mol. The Bertz CT molecular complexity index is 1020. The monoisotopic (exact) mass is 359 g/mol. The summed E-state index contributed by atoms with van der Waals surface area (Å²) in [4.78, 5) is 14.7. The molecule has 0 aromatic heterocycles. The van der Waals surface area contributed by atoms with E-state index < -0.39 is 5.79 Å². The lowest BCUT2D eigenvalue weighted by molar-refractivity contribution is -0.209. The van der Waals surface area contributed by atoms with Gasteiger partial charge in [-0.2, -0.15) is 0 Å². The number of carbonyl (C=O) groups excluding carboxylic acids is 1. The van der Waals surface area contributed by atoms with Gasteiger partial charge in [0.2, 0.25) is 5.79 Å². The number of amides is 1. The summed E-state index contributed by atoms with van der Waals surface area (Å²) in [6, 6.07) is 21.5. The first-order chi connectivity index (χ1) is 13.1. The van der Waals surface area contributed by atoms with Crippen molar-refractivity contribution in [3.63, 3.8) is 0 Å². The van der Waals surface area contributed by atoms with Gasteiger partial charge in [-0.1, -0.05) is 48.5 Å². The van der Waals surface area contributed by atoms with E-state index in [0.717, 1.165) is 16.7 Å². The Morgan fingerprint density at radius 3 is 2.67 bits per heavy atom. The lowest BCUT2D eigenvalue weighted by atomic mass is 9.81. The summed E-state index contributed by atoms with van der Waals surface area (Å²) in [6.45, 7) is 0.983. The number of rotatable bonds is 1. The number of benzene rings is 3. The molecule has 1 saturated heterocycles. The van der Waals surface area contributed by atoms with Crippen LogP contribution in [0.15, 0.2) is 66.7 Å². The Morgan fingerprint density at radius 1 is 1.04 bits per heavy atom. The van der Waals surface area contributed by atoms with Crippen molar-refractivity contribution < 1.29 is 14.6 Å². The van der Waals surface area contributed by atoms with Gasteiger partial charge in [-0.15, -0.1) is 0 Å². The van der Waals surface area contributed by atoms with E-state index in [9.17, 15) is 9.90 Å². The average Bonchev–Trinajstić information content (AvgIpc) is 2.71. The van der Waals surface area contributed by atoms with Crippen molar-refractivity contribution in [1.29, 1.82) is 0 Å². The number of fused-ring (bicyclic) bond motifs is 4. The number of piperidine rings is 1. The third kappa shape index (κ3) is 2.68. The van der Waals surface area contributed by atoms with Gasteiger partial charge in [-0.3, -0.25) is 4.79 Å². The minimum atomic E-state index is -1.21. The molecular formula is C23H21NO3. The number of aliphatic hydroxyl groups is 1. The van der Waals surface area contributed by atoms with Crippen molar-refractivity contribution in [2.45, 2.75) is 18.6 Å². The Balaban J connectivity index is 1.47. The van der Waals surface area contributed by atoms with Crippen molar-refractivity contribution in [3.8, 4) is 5.75 Å². The molecular weight excluding hydrogens is 338 g/mol. The summed E-state index contributed by atoms with van der Waals surface area (Å²) in [6.07, 6.45) is 1.12. The van der Waals surface area contributed by atoms with Crippen molar-refractivity contribution in [2.75, 3.05) is 13.1 Å². The molecule has 136 valence electrons. The van der Waals surface area contributed by atoms with Crippen LogP contribution >= 0.6 is 0 Å². The first-order valence-electron chi connectivity index (χ1n) is 9.40. The zero-order valence-electron chi connectivity index (χ0n) is 15.0. The maximum atomic E-state index is 12.8. The molecule has 0 radical (unpaired) electrons. The maximum absolute atomic E-state index is 12.8. The molecule has 0 bridgehead atoms. The molecule has 27 heavy (non-hydrogen) atoms. The van der Waals surface area contributed by atoms with Crippen LogP contribution in [0, 0.1) is 5.92 Å². The van der Waals surface area contributed by atoms with E-state index in [1.807, 2.05) is 59.5 Å². The summed E-state index contributed by atoms with van der Waals surface area (Å²) < 4.78 is 6.08. The van der Waals surface area contributed by atoms with Gasteiger partial charge in [-0.05, 0) is 35.4 Å². The van der Waals surface area contributed by atoms with E-state index in [-0.39, 0.29) is 11.8 Å². The molecule has 2 aliphatic rings. The number of nitrogens with zero attached hydrogens (tertiary/aromatic N) is 1. The third-order valence-corrected chi connectivity index (χ3v) is 5.86. The van der Waals surface area contributed by atoms with Gasteiger partial charge < -0.3 is 14.7 Å². The molecule has 2 atom stereocenters. The van der Waals surface area contributed by atoms with Crippen molar-refractivity contribution in [1.82, 2.24) is 4.90 Å². The Kier molecular flexibility index (Phi) is 3.69. The molecule has 0 saturated carbocycles. The highest BCUT2D eigenvalue weighted by Crippen LogP contribution is 2.43. The zero-order chi connectivity index (χ0) is 18.4. The van der Waals surface area contributed by atoms with Gasteiger partial charge in [0.1, 0.15) is 5.75 Å². The summed E-state index contributed by atoms with van der Waals surface area (Å²) >= 11 is 0. The van der Waals surface area contributed by atoms with Crippen LogP contribution in [0.2, 0.25) is 0 Å². The predicted molar refractivity (Wildman–Crippen MR) is 104 cm³/mol. The molecule has 3 aromatic carbocycles. The van der Waals surface area contributed by atoms with Crippen LogP contribution in [0.4, 0.5) is 0 Å². The highest BCUT2D eigenvalue weighted by molar-refractivity contribution is 5.94. The van der Waals surface area contributed by atoms with E-state index in [4.69, 9.17) is 4.74 Å². The maximum Gasteiger partial charge on any atom is 0.253 e. The normalized spacial score (nSPS) is 24.0. The van der Waals surface area contributed by atoms with Crippen LogP contribution in [-0.4, -0.2) is 34.8 Å². The van der Waals surface area contributed by atoms with Crippen LogP contribution in [-0.2, 0) is 6.42 Å². The van der Waals surface area contributed by atoms with Crippen LogP contribution < -0.4 is 4.74 Å². The second-order valence-electron chi connectivity index (χ2n) is 7.48. The first kappa shape index (κ1) is 16.3. The molecule has 3 aromatic rings. The molecule has 4 heteroatoms. The van der Waals surface area contributed by atoms with Crippen LogP contribution in [0.3, 0.4) is 0 Å². The highest BCUT2D eigenvalue weighted by Gasteiger charge is 2.48. The van der Waals surface area contributed by atoms with Gasteiger partial charge >= 0.3 is 0 Å². The van der Waals surface area contributed by atoms with Crippen molar-refractivity contribution in [2.24, 2.45) is 5.92 Å². The summed E-state index contributed by atoms with van der Waals surface area (Å²) in [5.41, 5.74) is 1.81. The largest absolute Gasteiger partial charge is 0.462 e. The molecule has 0 spiro atoms. The third-order valence-electron chi connectivity index (χ3n) is 5.86. The second-order valence-corrected chi connectivity index (χ2v) is 7.48. The number of ether oxygens (including phenoxy) is 1. The quantitative estimate of drug-likeness (QED) is 0.722. The van der Waals surface area contributed by atoms with Crippen LogP contribution in [0.5, 0.6) is 5.75 Å². The van der Waals surface area contributed by atoms with Crippen LogP contribution in [0.25, 0.3) is 10.8 Å². The Hall–Kier alpha value is -2.85. The molecule has 1 amide bonds. The summed E-state index contributed by atoms with van der Waals surface area (Å²) in [7, 11) is 0. The minimum Gasteiger partial charge on any atom is -0.462 e. The molecule has 2 aliphatic heterocycles. The van der Waals surface area contributed by atoms with E-state index in [0.29, 0.717) is 31.5 Å². The van der Waals surface area contributed by atoms with Crippen molar-refractivity contribution >= 4 is 16.7 Å². The standard InChI is InChI=1S/C23H21NO3/c25-22(17-7-2-1-3-8-17)24-13-12-23(26)18(15-24)14-20-19-9-5-4-6-16(19)10-11-21(20)27-23/h1-11,18,26H,12-15H2. The van der Waals surface area contributed by atoms with Crippen molar-refractivity contribution in [3.05, 3.63) is 77.9 Å². The lowest BCUT2D eigenvalue weighted by Crippen LogP contribution is -2.58. The predicted octanol–water partition coefficient (Wildman–Crippen LogP) is 3.63. The fraction of sp³-hybridized carbons (Fsp3) is 0.261. The van der Waals surface area contributed by atoms with E-state index in [1.165, 1.54) is 5.39 Å². The van der Waals surface area contributed by atoms with Gasteiger partial charge in [0.15, 0.2) is 0 Å². The molecule has 0 aliphatic carbocycles. The molecule has 2 unspecified atom stereocenters. The Labute approximate surface area is 158 Å². The number of carbonyl (C=O) groups is 1. The second kappa shape index (κ2) is 6.10. The molecule has 5 rings (SSSR count). The molecule has 2 heterocycles. The zero-order valence-corrected chi connectivity index (χ0v) is 15.0. The number of hydrogen-bond acceptors (Lipinski definition) is 3. The minimum absolute atomic E-state index is 0.0152. The van der Waals surface area contributed by atoms with Gasteiger partial charge in [0, 0.05) is 36.6 Å². The SMILES string of the molecule is O=C(c1ccccc1)N1CCC2(O)Oc3ccc4ccccc4c3CC2C1. The molecule has 4 nitrogen and oxygen atoms in total. The van der Waals surface area contributed by atoms with Gasteiger partial charge in [0.05, 0.1) is 0 Å². The summed E-state index contributed by atoms with van der Waals surface area (Å²) in [5.74, 6) is -0.572. The topological polar surface area (TPSA) is 49.8 Å². The number of hydrogen-bond donors (Lipinski definition) is 1. The van der Waals surface area contributed by atoms with Gasteiger partial charge in [-0.25, -0.2) is 0 Å². The smallest absolute Gasteiger partial charge is 0.253 e. The molecule has 1 fully saturated rings. The van der Waals surface area contributed by atoms with E-state index in [2.05, 4.69) is 12.1 Å². The highest BCUT2D eigenvalue weighted by atomic mass is 16.6. The first-order valence-corrected chi connectivity index (χ1v) is 9.40. The fourth-order valence-corrected chi connectivity index (χ4v) is 4.36. The molecule has 1 N–H and O–H groups in total. The fourth-order valence-electron chi connectivity index (χ4n) is 4.36. The lowest BCUT2D eigenvalue weighted by Gasteiger charge is -2.47.